The number of hydrogen-bond donors (Lipinski definition) is 1. The molecule has 2 aromatic rings. The summed E-state index contributed by atoms with van der Waals surface area (Å²) in [6.07, 6.45) is -2.59. The summed E-state index contributed by atoms with van der Waals surface area (Å²) < 4.78 is 53.2. The van der Waals surface area contributed by atoms with E-state index in [1.807, 2.05) is 4.90 Å². The highest BCUT2D eigenvalue weighted by molar-refractivity contribution is 7.91. The minimum Gasteiger partial charge on any atom is -0.611 e. The Morgan fingerprint density at radius 1 is 1.16 bits per heavy atom. The van der Waals surface area contributed by atoms with E-state index in [0.29, 0.717) is 21.2 Å². The van der Waals surface area contributed by atoms with E-state index in [0.717, 1.165) is 32.0 Å². The first kappa shape index (κ1) is 23.9. The molecule has 4 nitrogen and oxygen atoms in total. The van der Waals surface area contributed by atoms with Crippen LogP contribution in [0.15, 0.2) is 41.3 Å². The summed E-state index contributed by atoms with van der Waals surface area (Å²) in [6.45, 7) is 3.56. The molecule has 168 valence electrons. The third kappa shape index (κ3) is 6.16. The highest BCUT2D eigenvalue weighted by Gasteiger charge is 2.34. The van der Waals surface area contributed by atoms with E-state index in [1.165, 1.54) is 12.1 Å². The van der Waals surface area contributed by atoms with Gasteiger partial charge in [0.2, 0.25) is 0 Å². The Labute approximate surface area is 187 Å². The Hall–Kier alpha value is -1.74. The van der Waals surface area contributed by atoms with E-state index in [2.05, 4.69) is 5.32 Å². The van der Waals surface area contributed by atoms with Crippen LogP contribution in [-0.2, 0) is 30.4 Å². The molecule has 1 fully saturated rings. The highest BCUT2D eigenvalue weighted by Crippen LogP contribution is 2.34. The van der Waals surface area contributed by atoms with E-state index < -0.39 is 28.8 Å². The van der Waals surface area contributed by atoms with Crippen LogP contribution in [0.4, 0.5) is 13.2 Å². The molecule has 0 bridgehead atoms. The van der Waals surface area contributed by atoms with Crippen molar-refractivity contribution in [3.05, 3.63) is 63.7 Å². The van der Waals surface area contributed by atoms with Crippen LogP contribution >= 0.6 is 11.6 Å². The zero-order chi connectivity index (χ0) is 22.6. The van der Waals surface area contributed by atoms with E-state index in [9.17, 15) is 22.5 Å². The SMILES string of the molecule is CC[S+]([O-])c1ccc(Cl)cc1CNC(=O)c1ccc(CN2CCCC2)c(C(F)(F)F)c1. The third-order valence-electron chi connectivity index (χ3n) is 5.24. The predicted molar refractivity (Wildman–Crippen MR) is 116 cm³/mol. The normalized spacial score (nSPS) is 15.8. The molecule has 1 unspecified atom stereocenters. The third-order valence-corrected chi connectivity index (χ3v) is 6.89. The lowest BCUT2D eigenvalue weighted by atomic mass is 10.0. The molecule has 2 aromatic carbocycles. The van der Waals surface area contributed by atoms with Crippen LogP contribution in [-0.4, -0.2) is 34.2 Å². The number of carbonyl (C=O) groups excluding carboxylic acids is 1. The zero-order valence-electron chi connectivity index (χ0n) is 17.1. The molecule has 1 atom stereocenters. The van der Waals surface area contributed by atoms with Crippen molar-refractivity contribution >= 4 is 28.7 Å². The number of hydrogen-bond acceptors (Lipinski definition) is 3. The second-order valence-corrected chi connectivity index (χ2v) is 9.57. The van der Waals surface area contributed by atoms with Crippen LogP contribution in [0.5, 0.6) is 0 Å². The fourth-order valence-electron chi connectivity index (χ4n) is 3.64. The minimum absolute atomic E-state index is 0.0113. The first-order valence-electron chi connectivity index (χ1n) is 10.1. The van der Waals surface area contributed by atoms with Crippen molar-refractivity contribution in [1.29, 1.82) is 0 Å². The second-order valence-electron chi connectivity index (χ2n) is 7.42. The molecular formula is C22H24ClF3N2O2S. The Bertz CT molecular complexity index is 933. The maximum Gasteiger partial charge on any atom is 0.416 e. The predicted octanol–water partition coefficient (Wildman–Crippen LogP) is 5.01. The maximum atomic E-state index is 13.6. The number of carbonyl (C=O) groups is 1. The van der Waals surface area contributed by atoms with Crippen molar-refractivity contribution in [3.8, 4) is 0 Å². The molecule has 0 aliphatic carbocycles. The van der Waals surface area contributed by atoms with E-state index in [-0.39, 0.29) is 24.2 Å². The van der Waals surface area contributed by atoms with Crippen LogP contribution < -0.4 is 5.32 Å². The first-order chi connectivity index (χ1) is 14.7. The summed E-state index contributed by atoms with van der Waals surface area (Å²) in [6, 6.07) is 8.56. The topological polar surface area (TPSA) is 55.4 Å². The van der Waals surface area contributed by atoms with Crippen molar-refractivity contribution < 1.29 is 22.5 Å². The summed E-state index contributed by atoms with van der Waals surface area (Å²) in [5.74, 6) is -0.234. The highest BCUT2D eigenvalue weighted by atomic mass is 35.5. The number of halogens is 4. The van der Waals surface area contributed by atoms with Gasteiger partial charge in [0.15, 0.2) is 4.90 Å². The molecule has 9 heteroatoms. The second kappa shape index (κ2) is 10.3. The number of nitrogens with zero attached hydrogens (tertiary/aromatic N) is 1. The van der Waals surface area contributed by atoms with Gasteiger partial charge in [-0.2, -0.15) is 13.2 Å². The van der Waals surface area contributed by atoms with Crippen molar-refractivity contribution in [3.63, 3.8) is 0 Å². The van der Waals surface area contributed by atoms with Crippen molar-refractivity contribution in [1.82, 2.24) is 10.2 Å². The smallest absolute Gasteiger partial charge is 0.416 e. The monoisotopic (exact) mass is 472 g/mol. The van der Waals surface area contributed by atoms with Gasteiger partial charge in [-0.1, -0.05) is 17.7 Å². The largest absolute Gasteiger partial charge is 0.611 e. The van der Waals surface area contributed by atoms with Gasteiger partial charge < -0.3 is 9.87 Å². The average molecular weight is 473 g/mol. The molecule has 1 aliphatic heterocycles. The van der Waals surface area contributed by atoms with Gasteiger partial charge in [-0.3, -0.25) is 9.69 Å². The number of alkyl halides is 3. The van der Waals surface area contributed by atoms with Gasteiger partial charge in [0.05, 0.1) is 5.56 Å². The lowest BCUT2D eigenvalue weighted by molar-refractivity contribution is -0.138. The summed E-state index contributed by atoms with van der Waals surface area (Å²) in [4.78, 5) is 15.1. The Kier molecular flexibility index (Phi) is 7.91. The van der Waals surface area contributed by atoms with Gasteiger partial charge in [0, 0.05) is 29.2 Å². The van der Waals surface area contributed by atoms with Crippen LogP contribution in [0, 0.1) is 0 Å². The van der Waals surface area contributed by atoms with Gasteiger partial charge in [-0.05, 0) is 79.9 Å². The summed E-state index contributed by atoms with van der Waals surface area (Å²) in [5.41, 5.74) is -0.121. The zero-order valence-corrected chi connectivity index (χ0v) is 18.7. The van der Waals surface area contributed by atoms with Crippen molar-refractivity contribution in [2.45, 2.75) is 43.9 Å². The molecule has 0 saturated carbocycles. The average Bonchev–Trinajstić information content (AvgIpc) is 3.24. The van der Waals surface area contributed by atoms with Crippen LogP contribution in [0.3, 0.4) is 0 Å². The van der Waals surface area contributed by atoms with Crippen LogP contribution in [0.1, 0.15) is 46.8 Å². The van der Waals surface area contributed by atoms with E-state index >= 15 is 0 Å². The Morgan fingerprint density at radius 2 is 1.87 bits per heavy atom. The van der Waals surface area contributed by atoms with Gasteiger partial charge in [0.1, 0.15) is 5.75 Å². The number of rotatable bonds is 7. The minimum atomic E-state index is -4.55. The lowest BCUT2D eigenvalue weighted by Gasteiger charge is -2.19. The van der Waals surface area contributed by atoms with Gasteiger partial charge in [0.25, 0.3) is 5.91 Å². The lowest BCUT2D eigenvalue weighted by Crippen LogP contribution is -2.25. The number of amides is 1. The number of benzene rings is 2. The van der Waals surface area contributed by atoms with Crippen LogP contribution in [0.2, 0.25) is 5.02 Å². The molecule has 0 aromatic heterocycles. The molecule has 1 N–H and O–H groups in total. The molecule has 1 saturated heterocycles. The fourth-order valence-corrected chi connectivity index (χ4v) is 4.79. The van der Waals surface area contributed by atoms with Crippen molar-refractivity contribution in [2.24, 2.45) is 0 Å². The van der Waals surface area contributed by atoms with Crippen LogP contribution in [0.25, 0.3) is 0 Å². The van der Waals surface area contributed by atoms with Gasteiger partial charge in [-0.15, -0.1) is 0 Å². The molecule has 1 amide bonds. The van der Waals surface area contributed by atoms with Gasteiger partial charge >= 0.3 is 6.18 Å². The summed E-state index contributed by atoms with van der Waals surface area (Å²) in [5, 5.41) is 3.05. The molecule has 1 heterocycles. The molecular weight excluding hydrogens is 449 g/mol. The number of likely N-dealkylation sites (tertiary alicyclic amines) is 1. The molecule has 1 aliphatic rings. The summed E-state index contributed by atoms with van der Waals surface area (Å²) in [7, 11) is 0. The fraction of sp³-hybridized carbons (Fsp3) is 0.409. The van der Waals surface area contributed by atoms with Crippen molar-refractivity contribution in [2.75, 3.05) is 18.8 Å². The van der Waals surface area contributed by atoms with Gasteiger partial charge in [-0.25, -0.2) is 0 Å². The first-order valence-corrected chi connectivity index (χ1v) is 11.8. The molecule has 0 spiro atoms. The molecule has 31 heavy (non-hydrogen) atoms. The molecule has 0 radical (unpaired) electrons. The summed E-state index contributed by atoms with van der Waals surface area (Å²) >= 11 is 4.76. The molecule has 3 rings (SSSR count). The van der Waals surface area contributed by atoms with E-state index in [4.69, 9.17) is 11.6 Å². The van der Waals surface area contributed by atoms with E-state index in [1.54, 1.807) is 25.1 Å². The Balaban J connectivity index is 1.78. The maximum absolute atomic E-state index is 13.6. The Morgan fingerprint density at radius 3 is 2.52 bits per heavy atom. The quantitative estimate of drug-likeness (QED) is 0.576. The number of nitrogens with one attached hydrogen (secondary N) is 1. The standard InChI is InChI=1S/C22H24ClF3N2O2S/c1-2-31(30)20-8-7-18(23)11-17(20)13-27-21(29)15-5-6-16(14-28-9-3-4-10-28)19(12-15)22(24,25)26/h5-8,11-12H,2-4,9-10,13-14H2,1H3,(H,27,29).